The Labute approximate surface area is 118 Å². The van der Waals surface area contributed by atoms with Crippen LogP contribution in [-0.4, -0.2) is 49.3 Å². The molecule has 114 valence electrons. The van der Waals surface area contributed by atoms with E-state index in [-0.39, 0.29) is 11.6 Å². The molecule has 3 N–H and O–H groups in total. The summed E-state index contributed by atoms with van der Waals surface area (Å²) in [5.41, 5.74) is 5.36. The molecule has 0 saturated carbocycles. The SMILES string of the molecule is CC(C)CN(CCC(=N)N)CCS(=O)(=O)C(C)(C)C. The smallest absolute Gasteiger partial charge is 0.156 e. The molecule has 0 rings (SSSR count). The minimum atomic E-state index is -3.09. The van der Waals surface area contributed by atoms with Gasteiger partial charge in [0.25, 0.3) is 0 Å². The van der Waals surface area contributed by atoms with E-state index in [0.717, 1.165) is 6.54 Å². The highest BCUT2D eigenvalue weighted by molar-refractivity contribution is 7.92. The second kappa shape index (κ2) is 7.24. The van der Waals surface area contributed by atoms with Gasteiger partial charge in [-0.1, -0.05) is 13.8 Å². The zero-order valence-electron chi connectivity index (χ0n) is 12.9. The number of nitrogens with two attached hydrogens (primary N) is 1. The molecule has 0 fully saturated rings. The summed E-state index contributed by atoms with van der Waals surface area (Å²) in [4.78, 5) is 2.08. The molecule has 0 radical (unpaired) electrons. The van der Waals surface area contributed by atoms with Crippen molar-refractivity contribution in [2.45, 2.75) is 45.8 Å². The molecular formula is C13H29N3O2S. The number of nitrogens with zero attached hydrogens (tertiary/aromatic N) is 1. The van der Waals surface area contributed by atoms with Crippen LogP contribution < -0.4 is 5.73 Å². The summed E-state index contributed by atoms with van der Waals surface area (Å²) in [5, 5.41) is 7.26. The maximum atomic E-state index is 12.1. The largest absolute Gasteiger partial charge is 0.388 e. The van der Waals surface area contributed by atoms with E-state index in [2.05, 4.69) is 18.7 Å². The van der Waals surface area contributed by atoms with Gasteiger partial charge >= 0.3 is 0 Å². The molecule has 0 spiro atoms. The average molecular weight is 291 g/mol. The lowest BCUT2D eigenvalue weighted by molar-refractivity contribution is 0.263. The summed E-state index contributed by atoms with van der Waals surface area (Å²) < 4.78 is 23.5. The average Bonchev–Trinajstić information content (AvgIpc) is 2.19. The van der Waals surface area contributed by atoms with Gasteiger partial charge in [0.15, 0.2) is 9.84 Å². The van der Waals surface area contributed by atoms with E-state index >= 15 is 0 Å². The lowest BCUT2D eigenvalue weighted by atomic mass is 10.2. The standard InChI is InChI=1S/C13H29N3O2S/c1-11(2)10-16(7-6-12(14)15)8-9-19(17,18)13(3,4)5/h11H,6-10H2,1-5H3,(H3,14,15). The number of hydrogen-bond donors (Lipinski definition) is 2. The second-order valence-corrected chi connectivity index (χ2v) is 9.26. The highest BCUT2D eigenvalue weighted by Crippen LogP contribution is 2.16. The monoisotopic (exact) mass is 291 g/mol. The molecule has 0 aliphatic rings. The van der Waals surface area contributed by atoms with Crippen molar-refractivity contribution in [3.05, 3.63) is 0 Å². The highest BCUT2D eigenvalue weighted by Gasteiger charge is 2.29. The molecular weight excluding hydrogens is 262 g/mol. The molecule has 6 heteroatoms. The van der Waals surface area contributed by atoms with Crippen molar-refractivity contribution in [3.8, 4) is 0 Å². The predicted octanol–water partition coefficient (Wildman–Crippen LogP) is 1.48. The molecule has 0 bridgehead atoms. The molecule has 0 aliphatic carbocycles. The van der Waals surface area contributed by atoms with E-state index in [4.69, 9.17) is 11.1 Å². The summed E-state index contributed by atoms with van der Waals surface area (Å²) in [7, 11) is -3.09. The molecule has 0 unspecified atom stereocenters. The van der Waals surface area contributed by atoms with E-state index in [0.29, 0.717) is 25.4 Å². The van der Waals surface area contributed by atoms with Crippen LogP contribution in [0.25, 0.3) is 0 Å². The van der Waals surface area contributed by atoms with Crippen molar-refractivity contribution in [2.24, 2.45) is 11.7 Å². The third kappa shape index (κ3) is 7.52. The summed E-state index contributed by atoms with van der Waals surface area (Å²) in [5.74, 6) is 0.762. The van der Waals surface area contributed by atoms with Crippen molar-refractivity contribution >= 4 is 15.7 Å². The first-order chi connectivity index (χ1) is 8.45. The van der Waals surface area contributed by atoms with Gasteiger partial charge in [-0.05, 0) is 26.7 Å². The van der Waals surface area contributed by atoms with Gasteiger partial charge < -0.3 is 10.6 Å². The fraction of sp³-hybridized carbons (Fsp3) is 0.923. The molecule has 0 heterocycles. The molecule has 0 atom stereocenters. The quantitative estimate of drug-likeness (QED) is 0.524. The normalized spacial score (nSPS) is 13.2. The Morgan fingerprint density at radius 3 is 2.16 bits per heavy atom. The second-order valence-electron chi connectivity index (χ2n) is 6.40. The summed E-state index contributed by atoms with van der Waals surface area (Å²) in [6.45, 7) is 11.4. The number of sulfone groups is 1. The van der Waals surface area contributed by atoms with Gasteiger partial charge in [0, 0.05) is 26.1 Å². The van der Waals surface area contributed by atoms with E-state index in [1.807, 2.05) is 0 Å². The van der Waals surface area contributed by atoms with Crippen LogP contribution in [0.15, 0.2) is 0 Å². The van der Waals surface area contributed by atoms with Gasteiger partial charge in [-0.15, -0.1) is 0 Å². The van der Waals surface area contributed by atoms with Crippen LogP contribution in [0.5, 0.6) is 0 Å². The Morgan fingerprint density at radius 1 is 1.26 bits per heavy atom. The topological polar surface area (TPSA) is 87.2 Å². The molecule has 0 amide bonds. The van der Waals surface area contributed by atoms with E-state index < -0.39 is 14.6 Å². The van der Waals surface area contributed by atoms with Crippen molar-refractivity contribution in [1.82, 2.24) is 4.90 Å². The predicted molar refractivity (Wildman–Crippen MR) is 81.3 cm³/mol. The maximum absolute atomic E-state index is 12.1. The first-order valence-electron chi connectivity index (χ1n) is 6.73. The molecule has 5 nitrogen and oxygen atoms in total. The Hall–Kier alpha value is -0.620. The van der Waals surface area contributed by atoms with Gasteiger partial charge in [0.1, 0.15) is 0 Å². The van der Waals surface area contributed by atoms with Crippen LogP contribution in [0.4, 0.5) is 0 Å². The minimum absolute atomic E-state index is 0.146. The van der Waals surface area contributed by atoms with Gasteiger partial charge in [0.05, 0.1) is 16.3 Å². The van der Waals surface area contributed by atoms with Gasteiger partial charge in [-0.3, -0.25) is 5.41 Å². The van der Waals surface area contributed by atoms with E-state index in [1.54, 1.807) is 20.8 Å². The van der Waals surface area contributed by atoms with Crippen molar-refractivity contribution in [1.29, 1.82) is 5.41 Å². The van der Waals surface area contributed by atoms with Gasteiger partial charge in [0.2, 0.25) is 0 Å². The highest BCUT2D eigenvalue weighted by atomic mass is 32.2. The van der Waals surface area contributed by atoms with Gasteiger partial charge in [-0.2, -0.15) is 0 Å². The summed E-state index contributed by atoms with van der Waals surface area (Å²) in [6, 6.07) is 0. The van der Waals surface area contributed by atoms with Crippen LogP contribution in [0.2, 0.25) is 0 Å². The van der Waals surface area contributed by atoms with Crippen LogP contribution in [0.1, 0.15) is 41.0 Å². The Bertz CT molecular complexity index is 383. The molecule has 0 aliphatic heterocycles. The third-order valence-corrected chi connectivity index (χ3v) is 5.52. The fourth-order valence-electron chi connectivity index (χ4n) is 1.64. The Balaban J connectivity index is 4.53. The Kier molecular flexibility index (Phi) is 7.00. The molecule has 0 aromatic rings. The van der Waals surface area contributed by atoms with Crippen molar-refractivity contribution in [2.75, 3.05) is 25.4 Å². The summed E-state index contributed by atoms with van der Waals surface area (Å²) in [6.07, 6.45) is 0.488. The lowest BCUT2D eigenvalue weighted by Gasteiger charge is -2.26. The molecule has 0 aromatic carbocycles. The molecule has 0 aromatic heterocycles. The van der Waals surface area contributed by atoms with Crippen molar-refractivity contribution < 1.29 is 8.42 Å². The van der Waals surface area contributed by atoms with Crippen LogP contribution in [0.3, 0.4) is 0 Å². The van der Waals surface area contributed by atoms with E-state index in [1.165, 1.54) is 0 Å². The zero-order chi connectivity index (χ0) is 15.3. The van der Waals surface area contributed by atoms with Crippen LogP contribution in [-0.2, 0) is 9.84 Å². The number of hydrogen-bond acceptors (Lipinski definition) is 4. The first kappa shape index (κ1) is 18.4. The van der Waals surface area contributed by atoms with Crippen LogP contribution >= 0.6 is 0 Å². The minimum Gasteiger partial charge on any atom is -0.388 e. The molecule has 0 saturated heterocycles. The summed E-state index contributed by atoms with van der Waals surface area (Å²) >= 11 is 0. The fourth-order valence-corrected chi connectivity index (χ4v) is 2.76. The van der Waals surface area contributed by atoms with Crippen LogP contribution in [0, 0.1) is 11.3 Å². The first-order valence-corrected chi connectivity index (χ1v) is 8.38. The lowest BCUT2D eigenvalue weighted by Crippen LogP contribution is -2.39. The number of rotatable bonds is 8. The zero-order valence-corrected chi connectivity index (χ0v) is 13.7. The maximum Gasteiger partial charge on any atom is 0.156 e. The Morgan fingerprint density at radius 2 is 1.79 bits per heavy atom. The van der Waals surface area contributed by atoms with Gasteiger partial charge in [-0.25, -0.2) is 8.42 Å². The van der Waals surface area contributed by atoms with Crippen molar-refractivity contribution in [3.63, 3.8) is 0 Å². The third-order valence-electron chi connectivity index (χ3n) is 2.93. The molecule has 19 heavy (non-hydrogen) atoms. The number of amidine groups is 1. The van der Waals surface area contributed by atoms with E-state index in [9.17, 15) is 8.42 Å². The number of nitrogens with one attached hydrogen (secondary N) is 1.